The maximum atomic E-state index is 3.73. The van der Waals surface area contributed by atoms with Gasteiger partial charge in [0, 0.05) is 17.1 Å². The van der Waals surface area contributed by atoms with Crippen molar-refractivity contribution < 1.29 is 0 Å². The zero-order valence-corrected chi connectivity index (χ0v) is 12.2. The lowest BCUT2D eigenvalue weighted by Gasteiger charge is -2.23. The SMILES string of the molecule is CC1CCCCCC1NCc1cccc(Br)c1. The molecule has 1 aliphatic rings. The molecule has 1 aromatic carbocycles. The molecular formula is C15H22BrN. The smallest absolute Gasteiger partial charge is 0.0208 e. The molecule has 2 rings (SSSR count). The number of hydrogen-bond acceptors (Lipinski definition) is 1. The molecule has 2 unspecified atom stereocenters. The van der Waals surface area contributed by atoms with Crippen LogP contribution in [0.3, 0.4) is 0 Å². The molecule has 0 spiro atoms. The van der Waals surface area contributed by atoms with E-state index in [2.05, 4.69) is 52.4 Å². The van der Waals surface area contributed by atoms with E-state index in [1.165, 1.54) is 42.1 Å². The molecule has 1 nitrogen and oxygen atoms in total. The van der Waals surface area contributed by atoms with E-state index in [9.17, 15) is 0 Å². The van der Waals surface area contributed by atoms with Gasteiger partial charge in [-0.15, -0.1) is 0 Å². The molecule has 0 bridgehead atoms. The zero-order chi connectivity index (χ0) is 12.1. The van der Waals surface area contributed by atoms with Crippen molar-refractivity contribution in [3.8, 4) is 0 Å². The predicted molar refractivity (Wildman–Crippen MR) is 77.0 cm³/mol. The second-order valence-electron chi connectivity index (χ2n) is 5.23. The molecule has 1 N–H and O–H groups in total. The van der Waals surface area contributed by atoms with Crippen LogP contribution in [-0.2, 0) is 6.54 Å². The summed E-state index contributed by atoms with van der Waals surface area (Å²) in [4.78, 5) is 0. The molecule has 0 heterocycles. The highest BCUT2D eigenvalue weighted by Gasteiger charge is 2.18. The van der Waals surface area contributed by atoms with Crippen molar-refractivity contribution in [2.45, 2.75) is 51.6 Å². The summed E-state index contributed by atoms with van der Waals surface area (Å²) in [5.74, 6) is 0.824. The van der Waals surface area contributed by atoms with Gasteiger partial charge in [0.25, 0.3) is 0 Å². The number of hydrogen-bond donors (Lipinski definition) is 1. The molecule has 0 saturated heterocycles. The van der Waals surface area contributed by atoms with E-state index < -0.39 is 0 Å². The first-order valence-electron chi connectivity index (χ1n) is 6.73. The quantitative estimate of drug-likeness (QED) is 0.809. The lowest BCUT2D eigenvalue weighted by atomic mass is 9.97. The Hall–Kier alpha value is -0.340. The van der Waals surface area contributed by atoms with Crippen LogP contribution in [0, 0.1) is 5.92 Å². The fraction of sp³-hybridized carbons (Fsp3) is 0.600. The Morgan fingerprint density at radius 3 is 2.88 bits per heavy atom. The first kappa shape index (κ1) is 13.1. The van der Waals surface area contributed by atoms with Gasteiger partial charge < -0.3 is 5.32 Å². The lowest BCUT2D eigenvalue weighted by Crippen LogP contribution is -2.33. The summed E-state index contributed by atoms with van der Waals surface area (Å²) in [5, 5.41) is 3.73. The summed E-state index contributed by atoms with van der Waals surface area (Å²) in [7, 11) is 0. The van der Waals surface area contributed by atoms with Gasteiger partial charge in [-0.05, 0) is 36.5 Å². The van der Waals surface area contributed by atoms with Gasteiger partial charge >= 0.3 is 0 Å². The molecule has 94 valence electrons. The minimum absolute atomic E-state index is 0.705. The fourth-order valence-electron chi connectivity index (χ4n) is 2.69. The van der Waals surface area contributed by atoms with Gasteiger partial charge in [-0.25, -0.2) is 0 Å². The number of nitrogens with one attached hydrogen (secondary N) is 1. The summed E-state index contributed by atoms with van der Waals surface area (Å²) >= 11 is 3.52. The molecule has 1 fully saturated rings. The van der Waals surface area contributed by atoms with Gasteiger partial charge in [0.2, 0.25) is 0 Å². The molecule has 0 aromatic heterocycles. The maximum Gasteiger partial charge on any atom is 0.0208 e. The zero-order valence-electron chi connectivity index (χ0n) is 10.6. The summed E-state index contributed by atoms with van der Waals surface area (Å²) < 4.78 is 1.17. The Balaban J connectivity index is 1.88. The maximum absolute atomic E-state index is 3.73. The van der Waals surface area contributed by atoms with E-state index >= 15 is 0 Å². The van der Waals surface area contributed by atoms with Crippen LogP contribution in [0.2, 0.25) is 0 Å². The molecule has 1 aliphatic carbocycles. The second kappa shape index (κ2) is 6.55. The molecule has 1 saturated carbocycles. The lowest BCUT2D eigenvalue weighted by molar-refractivity contribution is 0.356. The average Bonchev–Trinajstić information content (AvgIpc) is 2.52. The predicted octanol–water partition coefficient (Wildman–Crippen LogP) is 4.51. The van der Waals surface area contributed by atoms with Crippen LogP contribution in [-0.4, -0.2) is 6.04 Å². The highest BCUT2D eigenvalue weighted by atomic mass is 79.9. The minimum Gasteiger partial charge on any atom is -0.310 e. The standard InChI is InChI=1S/C15H22BrN/c1-12-6-3-2-4-9-15(12)17-11-13-7-5-8-14(16)10-13/h5,7-8,10,12,15,17H,2-4,6,9,11H2,1H3. The van der Waals surface area contributed by atoms with Crippen LogP contribution in [0.1, 0.15) is 44.6 Å². The van der Waals surface area contributed by atoms with Gasteiger partial charge in [-0.2, -0.15) is 0 Å². The monoisotopic (exact) mass is 295 g/mol. The molecule has 2 heteroatoms. The molecule has 0 amide bonds. The van der Waals surface area contributed by atoms with Crippen molar-refractivity contribution in [3.63, 3.8) is 0 Å². The largest absolute Gasteiger partial charge is 0.310 e. The number of halogens is 1. The van der Waals surface area contributed by atoms with Crippen LogP contribution in [0.5, 0.6) is 0 Å². The average molecular weight is 296 g/mol. The van der Waals surface area contributed by atoms with Gasteiger partial charge in [-0.3, -0.25) is 0 Å². The van der Waals surface area contributed by atoms with Gasteiger partial charge in [-0.1, -0.05) is 54.2 Å². The van der Waals surface area contributed by atoms with Crippen molar-refractivity contribution in [1.29, 1.82) is 0 Å². The third-order valence-electron chi connectivity index (χ3n) is 3.82. The topological polar surface area (TPSA) is 12.0 Å². The molecule has 0 radical (unpaired) electrons. The summed E-state index contributed by atoms with van der Waals surface area (Å²) in [6.07, 6.45) is 6.95. The Bertz CT molecular complexity index is 351. The first-order valence-corrected chi connectivity index (χ1v) is 7.53. The van der Waals surface area contributed by atoms with Crippen molar-refractivity contribution >= 4 is 15.9 Å². The molecule has 2 atom stereocenters. The molecule has 17 heavy (non-hydrogen) atoms. The number of benzene rings is 1. The Kier molecular flexibility index (Phi) is 5.05. The van der Waals surface area contributed by atoms with Crippen molar-refractivity contribution in [2.24, 2.45) is 5.92 Å². The highest BCUT2D eigenvalue weighted by Crippen LogP contribution is 2.23. The first-order chi connectivity index (χ1) is 8.25. The summed E-state index contributed by atoms with van der Waals surface area (Å²) in [5.41, 5.74) is 1.37. The van der Waals surface area contributed by atoms with Gasteiger partial charge in [0.1, 0.15) is 0 Å². The third-order valence-corrected chi connectivity index (χ3v) is 4.31. The van der Waals surface area contributed by atoms with E-state index in [4.69, 9.17) is 0 Å². The molecule has 0 aliphatic heterocycles. The third kappa shape index (κ3) is 4.11. The Labute approximate surface area is 113 Å². The normalized spacial score (nSPS) is 25.5. The Morgan fingerprint density at radius 1 is 1.24 bits per heavy atom. The van der Waals surface area contributed by atoms with Crippen LogP contribution < -0.4 is 5.32 Å². The summed E-state index contributed by atoms with van der Waals surface area (Å²) in [6, 6.07) is 9.29. The highest BCUT2D eigenvalue weighted by molar-refractivity contribution is 9.10. The van der Waals surface area contributed by atoms with E-state index in [0.29, 0.717) is 6.04 Å². The minimum atomic E-state index is 0.705. The van der Waals surface area contributed by atoms with Crippen LogP contribution in [0.15, 0.2) is 28.7 Å². The molecular weight excluding hydrogens is 274 g/mol. The van der Waals surface area contributed by atoms with Crippen molar-refractivity contribution in [3.05, 3.63) is 34.3 Å². The fourth-order valence-corrected chi connectivity index (χ4v) is 3.14. The van der Waals surface area contributed by atoms with Crippen molar-refractivity contribution in [2.75, 3.05) is 0 Å². The van der Waals surface area contributed by atoms with E-state index in [0.717, 1.165) is 12.5 Å². The van der Waals surface area contributed by atoms with Crippen LogP contribution in [0.4, 0.5) is 0 Å². The van der Waals surface area contributed by atoms with Crippen LogP contribution in [0.25, 0.3) is 0 Å². The van der Waals surface area contributed by atoms with E-state index in [-0.39, 0.29) is 0 Å². The van der Waals surface area contributed by atoms with Gasteiger partial charge in [0.05, 0.1) is 0 Å². The van der Waals surface area contributed by atoms with Crippen LogP contribution >= 0.6 is 15.9 Å². The van der Waals surface area contributed by atoms with Gasteiger partial charge in [0.15, 0.2) is 0 Å². The Morgan fingerprint density at radius 2 is 2.06 bits per heavy atom. The van der Waals surface area contributed by atoms with E-state index in [1.54, 1.807) is 0 Å². The van der Waals surface area contributed by atoms with E-state index in [1.807, 2.05) is 0 Å². The van der Waals surface area contributed by atoms with Crippen molar-refractivity contribution in [1.82, 2.24) is 5.32 Å². The second-order valence-corrected chi connectivity index (χ2v) is 6.15. The summed E-state index contributed by atoms with van der Waals surface area (Å²) in [6.45, 7) is 3.39. The number of rotatable bonds is 3. The molecule has 1 aromatic rings.